The lowest BCUT2D eigenvalue weighted by Crippen LogP contribution is -2.28. The molecule has 1 aromatic carbocycles. The minimum absolute atomic E-state index is 0.313. The molecule has 2 rings (SSSR count). The van der Waals surface area contributed by atoms with Gasteiger partial charge < -0.3 is 9.47 Å². The van der Waals surface area contributed by atoms with Gasteiger partial charge in [-0.1, -0.05) is 31.2 Å². The normalized spacial score (nSPS) is 23.2. The maximum Gasteiger partial charge on any atom is 0.177 e. The van der Waals surface area contributed by atoms with Crippen LogP contribution in [-0.4, -0.2) is 19.5 Å². The summed E-state index contributed by atoms with van der Waals surface area (Å²) in [5.74, 6) is 0.00984. The van der Waals surface area contributed by atoms with E-state index >= 15 is 0 Å². The summed E-state index contributed by atoms with van der Waals surface area (Å²) < 4.78 is 24.5. The lowest BCUT2D eigenvalue weighted by molar-refractivity contribution is -0.170. The molecule has 1 fully saturated rings. The lowest BCUT2D eigenvalue weighted by Gasteiger charge is -2.24. The first-order valence-electron chi connectivity index (χ1n) is 6.47. The highest BCUT2D eigenvalue weighted by molar-refractivity contribution is 5.53. The highest BCUT2D eigenvalue weighted by atomic mass is 19.1. The van der Waals surface area contributed by atoms with Crippen LogP contribution in [0.5, 0.6) is 0 Å². The van der Waals surface area contributed by atoms with E-state index in [-0.39, 0.29) is 6.29 Å². The summed E-state index contributed by atoms with van der Waals surface area (Å²) >= 11 is 0. The van der Waals surface area contributed by atoms with Crippen LogP contribution in [-0.2, 0) is 9.47 Å². The number of nitriles is 1. The number of hydrogen-bond acceptors (Lipinski definition) is 3. The molecule has 104 valence electrons. The van der Waals surface area contributed by atoms with Crippen LogP contribution in [0, 0.1) is 23.1 Å². The third-order valence-electron chi connectivity index (χ3n) is 2.87. The van der Waals surface area contributed by atoms with Crippen molar-refractivity contribution >= 4 is 6.08 Å². The monoisotopic (exact) mass is 273 g/mol. The largest absolute Gasteiger partial charge is 0.349 e. The van der Waals surface area contributed by atoms with E-state index in [2.05, 4.69) is 6.92 Å². The standard InChI is InChI=1S/C16H16FNO2/c1-12-10-19-16(20-11-12)5-3-2-4-14-7-6-13(9-18)8-15(14)17/h2-8,12,16H,10-11H2,1H3/b4-2+,5-3+. The highest BCUT2D eigenvalue weighted by Crippen LogP contribution is 2.13. The molecule has 0 unspecified atom stereocenters. The molecule has 1 aliphatic rings. The van der Waals surface area contributed by atoms with Crippen LogP contribution < -0.4 is 0 Å². The van der Waals surface area contributed by atoms with Gasteiger partial charge in [-0.15, -0.1) is 0 Å². The van der Waals surface area contributed by atoms with Gasteiger partial charge in [0.25, 0.3) is 0 Å². The van der Waals surface area contributed by atoms with E-state index in [4.69, 9.17) is 14.7 Å². The van der Waals surface area contributed by atoms with Crippen LogP contribution in [0.1, 0.15) is 18.1 Å². The number of benzene rings is 1. The first kappa shape index (κ1) is 14.4. The van der Waals surface area contributed by atoms with Crippen LogP contribution in [0.2, 0.25) is 0 Å². The second kappa shape index (κ2) is 6.99. The molecule has 0 N–H and O–H groups in total. The van der Waals surface area contributed by atoms with Gasteiger partial charge in [-0.05, 0) is 18.2 Å². The number of rotatable bonds is 3. The van der Waals surface area contributed by atoms with E-state index in [0.717, 1.165) is 0 Å². The summed E-state index contributed by atoms with van der Waals surface area (Å²) in [6.45, 7) is 3.43. The Hall–Kier alpha value is -1.96. The Morgan fingerprint density at radius 2 is 2.05 bits per heavy atom. The first-order chi connectivity index (χ1) is 9.69. The summed E-state index contributed by atoms with van der Waals surface area (Å²) in [7, 11) is 0. The predicted molar refractivity (Wildman–Crippen MR) is 74.1 cm³/mol. The van der Waals surface area contributed by atoms with Gasteiger partial charge in [0.05, 0.1) is 24.8 Å². The van der Waals surface area contributed by atoms with Gasteiger partial charge in [-0.2, -0.15) is 5.26 Å². The maximum atomic E-state index is 13.6. The van der Waals surface area contributed by atoms with Crippen LogP contribution in [0.25, 0.3) is 6.08 Å². The molecule has 0 radical (unpaired) electrons. The zero-order valence-corrected chi connectivity index (χ0v) is 11.3. The van der Waals surface area contributed by atoms with Gasteiger partial charge in [0, 0.05) is 11.5 Å². The molecule has 0 atom stereocenters. The van der Waals surface area contributed by atoms with Gasteiger partial charge in [0.1, 0.15) is 5.82 Å². The number of halogens is 1. The quantitative estimate of drug-likeness (QED) is 0.794. The van der Waals surface area contributed by atoms with Crippen molar-refractivity contribution in [2.75, 3.05) is 13.2 Å². The van der Waals surface area contributed by atoms with Crippen LogP contribution in [0.3, 0.4) is 0 Å². The molecule has 0 saturated carbocycles. The third-order valence-corrected chi connectivity index (χ3v) is 2.87. The zero-order chi connectivity index (χ0) is 14.4. The summed E-state index contributed by atoms with van der Waals surface area (Å²) in [6, 6.07) is 6.28. The second-order valence-electron chi connectivity index (χ2n) is 4.73. The molecule has 3 nitrogen and oxygen atoms in total. The predicted octanol–water partition coefficient (Wildman–Crippen LogP) is 3.28. The van der Waals surface area contributed by atoms with Crippen molar-refractivity contribution in [2.45, 2.75) is 13.2 Å². The van der Waals surface area contributed by atoms with E-state index in [1.54, 1.807) is 36.4 Å². The number of nitrogens with zero attached hydrogens (tertiary/aromatic N) is 1. The third kappa shape index (κ3) is 4.02. The molecule has 20 heavy (non-hydrogen) atoms. The van der Waals surface area contributed by atoms with Gasteiger partial charge in [-0.3, -0.25) is 0 Å². The van der Waals surface area contributed by atoms with Crippen molar-refractivity contribution in [3.63, 3.8) is 0 Å². The van der Waals surface area contributed by atoms with Crippen LogP contribution >= 0.6 is 0 Å². The summed E-state index contributed by atoms with van der Waals surface area (Å²) in [4.78, 5) is 0. The molecule has 0 aromatic heterocycles. The minimum atomic E-state index is -0.410. The summed E-state index contributed by atoms with van der Waals surface area (Å²) in [5, 5.41) is 8.66. The average molecular weight is 273 g/mol. The molecule has 1 aromatic rings. The maximum absolute atomic E-state index is 13.6. The Labute approximate surface area is 117 Å². The molecule has 1 aliphatic heterocycles. The fourth-order valence-electron chi connectivity index (χ4n) is 1.77. The summed E-state index contributed by atoms with van der Waals surface area (Å²) in [6.07, 6.45) is 6.57. The Morgan fingerprint density at radius 1 is 1.30 bits per heavy atom. The van der Waals surface area contributed by atoms with E-state index in [1.165, 1.54) is 6.07 Å². The lowest BCUT2D eigenvalue weighted by atomic mass is 10.1. The Balaban J connectivity index is 1.92. The smallest absolute Gasteiger partial charge is 0.177 e. The van der Waals surface area contributed by atoms with Crippen molar-refractivity contribution in [1.29, 1.82) is 5.26 Å². The summed E-state index contributed by atoms with van der Waals surface area (Å²) in [5.41, 5.74) is 0.751. The Kier molecular flexibility index (Phi) is 5.05. The molecule has 4 heteroatoms. The highest BCUT2D eigenvalue weighted by Gasteiger charge is 2.15. The van der Waals surface area contributed by atoms with Crippen molar-refractivity contribution in [1.82, 2.24) is 0 Å². The van der Waals surface area contributed by atoms with Gasteiger partial charge in [0.15, 0.2) is 6.29 Å². The van der Waals surface area contributed by atoms with E-state index in [0.29, 0.717) is 30.3 Å². The Morgan fingerprint density at radius 3 is 2.70 bits per heavy atom. The zero-order valence-electron chi connectivity index (χ0n) is 11.3. The van der Waals surface area contributed by atoms with Gasteiger partial charge >= 0.3 is 0 Å². The van der Waals surface area contributed by atoms with Gasteiger partial charge in [0.2, 0.25) is 0 Å². The van der Waals surface area contributed by atoms with Crippen molar-refractivity contribution < 1.29 is 13.9 Å². The van der Waals surface area contributed by atoms with Crippen molar-refractivity contribution in [3.8, 4) is 6.07 Å². The fourth-order valence-corrected chi connectivity index (χ4v) is 1.77. The fraction of sp³-hybridized carbons (Fsp3) is 0.312. The van der Waals surface area contributed by atoms with Crippen molar-refractivity contribution in [3.05, 3.63) is 53.4 Å². The molecule has 0 bridgehead atoms. The van der Waals surface area contributed by atoms with Gasteiger partial charge in [-0.25, -0.2) is 4.39 Å². The molecule has 0 amide bonds. The molecule has 1 heterocycles. The Bertz CT molecular complexity index is 552. The van der Waals surface area contributed by atoms with Crippen LogP contribution in [0.4, 0.5) is 4.39 Å². The topological polar surface area (TPSA) is 42.2 Å². The van der Waals surface area contributed by atoms with Crippen molar-refractivity contribution in [2.24, 2.45) is 5.92 Å². The van der Waals surface area contributed by atoms with E-state index < -0.39 is 5.82 Å². The SMILES string of the molecule is CC1COC(/C=C/C=C/c2ccc(C#N)cc2F)OC1. The molecule has 1 saturated heterocycles. The number of ether oxygens (including phenoxy) is 2. The molecular weight excluding hydrogens is 257 g/mol. The minimum Gasteiger partial charge on any atom is -0.349 e. The molecule has 0 aliphatic carbocycles. The van der Waals surface area contributed by atoms with E-state index in [9.17, 15) is 4.39 Å². The molecule has 0 spiro atoms. The molecular formula is C16H16FNO2. The first-order valence-corrected chi connectivity index (χ1v) is 6.47. The average Bonchev–Trinajstić information content (AvgIpc) is 2.46. The van der Waals surface area contributed by atoms with E-state index in [1.807, 2.05) is 6.07 Å². The second-order valence-corrected chi connectivity index (χ2v) is 4.73. The number of hydrogen-bond donors (Lipinski definition) is 0. The van der Waals surface area contributed by atoms with Crippen LogP contribution in [0.15, 0.2) is 36.4 Å². The number of allylic oxidation sites excluding steroid dienone is 2.